The Kier molecular flexibility index (Phi) is 9.16. The van der Waals surface area contributed by atoms with E-state index < -0.39 is 56.5 Å². The molecule has 0 bridgehead atoms. The summed E-state index contributed by atoms with van der Waals surface area (Å²) in [5, 5.41) is 0. The van der Waals surface area contributed by atoms with E-state index in [2.05, 4.69) is 4.74 Å². The second-order valence-corrected chi connectivity index (χ2v) is 15.6. The van der Waals surface area contributed by atoms with Crippen molar-refractivity contribution in [1.29, 1.82) is 0 Å². The molecular weight excluding hydrogens is 694 g/mol. The maximum atomic E-state index is 14.4. The van der Waals surface area contributed by atoms with E-state index in [9.17, 15) is 39.6 Å². The lowest BCUT2D eigenvalue weighted by Gasteiger charge is -2.58. The lowest BCUT2D eigenvalue weighted by atomic mass is 9.62. The molecule has 6 rings (SSSR count). The summed E-state index contributed by atoms with van der Waals surface area (Å²) in [6.07, 6.45) is -4.92. The first-order valence-corrected chi connectivity index (χ1v) is 17.1. The average molecular weight is 729 g/mol. The topological polar surface area (TPSA) is 94.6 Å². The molecule has 1 spiro atoms. The number of amides is 1. The van der Waals surface area contributed by atoms with Crippen LogP contribution in [0.4, 0.5) is 36.8 Å². The summed E-state index contributed by atoms with van der Waals surface area (Å²) in [6.45, 7) is 2.81. The van der Waals surface area contributed by atoms with E-state index in [-0.39, 0.29) is 53.3 Å². The summed E-state index contributed by atoms with van der Waals surface area (Å²) < 4.78 is 132. The van der Waals surface area contributed by atoms with Gasteiger partial charge in [-0.25, -0.2) is 17.6 Å². The number of carbonyl (C=O) groups is 1. The molecule has 1 atom stereocenters. The summed E-state index contributed by atoms with van der Waals surface area (Å²) >= 11 is 0. The van der Waals surface area contributed by atoms with E-state index in [1.54, 1.807) is 25.7 Å². The van der Waals surface area contributed by atoms with Gasteiger partial charge in [0.05, 0.1) is 35.4 Å². The number of alkyl halides is 5. The molecule has 2 heterocycles. The van der Waals surface area contributed by atoms with Gasteiger partial charge in [-0.3, -0.25) is 4.31 Å². The number of carbonyl (C=O) groups excluding carboxylic acids is 1. The highest BCUT2D eigenvalue weighted by atomic mass is 32.2. The predicted octanol–water partition coefficient (Wildman–Crippen LogP) is 7.49. The zero-order valence-corrected chi connectivity index (χ0v) is 28.0. The van der Waals surface area contributed by atoms with Gasteiger partial charge in [0.25, 0.3) is 10.0 Å². The lowest BCUT2D eigenvalue weighted by molar-refractivity contribution is -0.153. The van der Waals surface area contributed by atoms with Gasteiger partial charge in [-0.1, -0.05) is 12.1 Å². The standard InChI is InChI=1S/C34H34F6N2O7S/c1-32(2,3)49-31(43)41-18-33(19-41)14-25(15-33)46-17-26-16-42(50(44,45)27-6-4-5-22(12-27)34(38,39)40)28-11-20(7-8-29(28)47-26)21-9-23(35)13-24(10-21)48-30(36)37/h4-13,25-26,30H,14-19H2,1-3H3/t26-/m1/s1. The van der Waals surface area contributed by atoms with Crippen LogP contribution in [-0.2, 0) is 25.7 Å². The Bertz CT molecular complexity index is 1870. The van der Waals surface area contributed by atoms with Gasteiger partial charge < -0.3 is 23.8 Å². The Labute approximate surface area is 284 Å². The third-order valence-electron chi connectivity index (χ3n) is 8.61. The number of hydrogen-bond donors (Lipinski definition) is 0. The quantitative estimate of drug-likeness (QED) is 0.222. The van der Waals surface area contributed by atoms with Gasteiger partial charge in [0.2, 0.25) is 0 Å². The number of benzene rings is 3. The molecule has 1 saturated carbocycles. The lowest BCUT2D eigenvalue weighted by Crippen LogP contribution is -2.66. The van der Waals surface area contributed by atoms with Crippen LogP contribution in [0.1, 0.15) is 39.2 Å². The van der Waals surface area contributed by atoms with Gasteiger partial charge in [0.1, 0.15) is 29.0 Å². The maximum Gasteiger partial charge on any atom is 0.416 e. The van der Waals surface area contributed by atoms with Crippen molar-refractivity contribution in [1.82, 2.24) is 4.90 Å². The molecule has 3 aromatic carbocycles. The molecule has 2 fully saturated rings. The number of anilines is 1. The SMILES string of the molecule is CC(C)(C)OC(=O)N1CC2(CC(OC[C@H]3CN(S(=O)(=O)c4cccc(C(F)(F)F)c4)c4cc(-c5cc(F)cc(OC(F)F)c5)ccc4O3)C2)C1. The molecule has 0 aromatic heterocycles. The minimum absolute atomic E-state index is 0.0510. The molecular formula is C34H34F6N2O7S. The number of sulfonamides is 1. The van der Waals surface area contributed by atoms with Crippen LogP contribution >= 0.6 is 0 Å². The minimum atomic E-state index is -4.81. The zero-order valence-electron chi connectivity index (χ0n) is 27.2. The fourth-order valence-corrected chi connectivity index (χ4v) is 7.96. The van der Waals surface area contributed by atoms with Crippen molar-refractivity contribution in [2.45, 2.75) is 69.1 Å². The summed E-state index contributed by atoms with van der Waals surface area (Å²) in [5.74, 6) is -1.30. The summed E-state index contributed by atoms with van der Waals surface area (Å²) in [7, 11) is -4.64. The summed E-state index contributed by atoms with van der Waals surface area (Å²) in [4.78, 5) is 13.3. The summed E-state index contributed by atoms with van der Waals surface area (Å²) in [6, 6.07) is 10.4. The van der Waals surface area contributed by atoms with Crippen LogP contribution in [0.25, 0.3) is 11.1 Å². The smallest absolute Gasteiger partial charge is 0.416 e. The van der Waals surface area contributed by atoms with E-state index in [1.165, 1.54) is 18.2 Å². The molecule has 0 unspecified atom stereocenters. The number of hydrogen-bond acceptors (Lipinski definition) is 7. The van der Waals surface area contributed by atoms with Crippen molar-refractivity contribution in [2.75, 3.05) is 30.5 Å². The number of ether oxygens (including phenoxy) is 4. The van der Waals surface area contributed by atoms with Gasteiger partial charge in [0.15, 0.2) is 0 Å². The van der Waals surface area contributed by atoms with E-state index in [0.717, 1.165) is 40.7 Å². The Balaban J connectivity index is 1.22. The van der Waals surface area contributed by atoms with Crippen molar-refractivity contribution >= 4 is 21.8 Å². The van der Waals surface area contributed by atoms with Gasteiger partial charge in [-0.2, -0.15) is 22.0 Å². The number of rotatable bonds is 8. The maximum absolute atomic E-state index is 14.4. The third-order valence-corrected chi connectivity index (χ3v) is 10.4. The number of likely N-dealkylation sites (tertiary alicyclic amines) is 1. The van der Waals surface area contributed by atoms with Gasteiger partial charge >= 0.3 is 18.9 Å². The third kappa shape index (κ3) is 7.60. The normalized spacial score (nSPS) is 19.0. The first-order chi connectivity index (χ1) is 23.3. The fourth-order valence-electron chi connectivity index (χ4n) is 6.41. The highest BCUT2D eigenvalue weighted by Gasteiger charge is 2.55. The van der Waals surface area contributed by atoms with Crippen LogP contribution in [-0.4, -0.2) is 70.1 Å². The number of halogens is 6. The zero-order chi connectivity index (χ0) is 36.2. The van der Waals surface area contributed by atoms with Crippen LogP contribution in [0, 0.1) is 11.2 Å². The molecule has 1 aliphatic carbocycles. The van der Waals surface area contributed by atoms with Crippen LogP contribution < -0.4 is 13.8 Å². The first kappa shape index (κ1) is 35.6. The Morgan fingerprint density at radius 2 is 1.72 bits per heavy atom. The van der Waals surface area contributed by atoms with Crippen molar-refractivity contribution in [3.63, 3.8) is 0 Å². The highest BCUT2D eigenvalue weighted by molar-refractivity contribution is 7.92. The minimum Gasteiger partial charge on any atom is -0.484 e. The molecule has 16 heteroatoms. The van der Waals surface area contributed by atoms with Crippen LogP contribution in [0.15, 0.2) is 65.6 Å². The van der Waals surface area contributed by atoms with Crippen molar-refractivity contribution in [3.8, 4) is 22.6 Å². The summed E-state index contributed by atoms with van der Waals surface area (Å²) in [5.41, 5.74) is -1.64. The van der Waals surface area contributed by atoms with E-state index in [1.807, 2.05) is 0 Å². The average Bonchev–Trinajstić information content (AvgIpc) is 2.97. The molecule has 1 amide bonds. The van der Waals surface area contributed by atoms with Crippen LogP contribution in [0.5, 0.6) is 11.5 Å². The second-order valence-electron chi connectivity index (χ2n) is 13.7. The van der Waals surface area contributed by atoms with Crippen molar-refractivity contribution < 1.29 is 58.5 Å². The monoisotopic (exact) mass is 728 g/mol. The van der Waals surface area contributed by atoms with Crippen LogP contribution in [0.3, 0.4) is 0 Å². The molecule has 0 radical (unpaired) electrons. The Hall–Kier alpha value is -4.18. The van der Waals surface area contributed by atoms with Gasteiger partial charge in [0, 0.05) is 24.6 Å². The molecule has 9 nitrogen and oxygen atoms in total. The number of nitrogens with zero attached hydrogens (tertiary/aromatic N) is 2. The number of fused-ring (bicyclic) bond motifs is 1. The van der Waals surface area contributed by atoms with Crippen molar-refractivity contribution in [3.05, 3.63) is 72.0 Å². The molecule has 50 heavy (non-hydrogen) atoms. The largest absolute Gasteiger partial charge is 0.484 e. The fraction of sp³-hybridized carbons (Fsp3) is 0.441. The predicted molar refractivity (Wildman–Crippen MR) is 168 cm³/mol. The molecule has 0 N–H and O–H groups in total. The van der Waals surface area contributed by atoms with Gasteiger partial charge in [-0.15, -0.1) is 0 Å². The van der Waals surface area contributed by atoms with E-state index in [0.29, 0.717) is 32.0 Å². The molecule has 270 valence electrons. The molecule has 2 aliphatic heterocycles. The van der Waals surface area contributed by atoms with Crippen molar-refractivity contribution in [2.24, 2.45) is 5.41 Å². The molecule has 3 aromatic rings. The highest BCUT2D eigenvalue weighted by Crippen LogP contribution is 2.50. The second kappa shape index (κ2) is 12.9. The first-order valence-electron chi connectivity index (χ1n) is 15.7. The molecule has 1 saturated heterocycles. The Morgan fingerprint density at radius 1 is 1.00 bits per heavy atom. The van der Waals surface area contributed by atoms with Gasteiger partial charge in [-0.05, 0) is 87.2 Å². The molecule has 3 aliphatic rings. The Morgan fingerprint density at radius 3 is 2.38 bits per heavy atom. The van der Waals surface area contributed by atoms with Crippen LogP contribution in [0.2, 0.25) is 0 Å². The van der Waals surface area contributed by atoms with E-state index in [4.69, 9.17) is 14.2 Å². The van der Waals surface area contributed by atoms with E-state index >= 15 is 0 Å².